The highest BCUT2D eigenvalue weighted by atomic mass is 19.1. The zero-order chi connectivity index (χ0) is 7.72. The van der Waals surface area contributed by atoms with Gasteiger partial charge in [0.2, 0.25) is 0 Å². The van der Waals surface area contributed by atoms with Crippen molar-refractivity contribution in [3.8, 4) is 0 Å². The molecule has 60 valence electrons. The van der Waals surface area contributed by atoms with E-state index in [1.807, 2.05) is 13.8 Å². The Kier molecular flexibility index (Phi) is 2.29. The molecule has 0 aliphatic carbocycles. The molecular formula is C8H15FO. The van der Waals surface area contributed by atoms with Crippen LogP contribution in [0, 0.1) is 5.92 Å². The predicted octanol–water partition coefficient (Wildman–Crippen LogP) is 2.16. The Balaban J connectivity index is 2.53. The molecule has 4 atom stereocenters. The molecule has 1 saturated heterocycles. The summed E-state index contributed by atoms with van der Waals surface area (Å²) in [6.45, 7) is 5.76. The van der Waals surface area contributed by atoms with E-state index in [1.165, 1.54) is 0 Å². The fourth-order valence-electron chi connectivity index (χ4n) is 1.58. The Morgan fingerprint density at radius 2 is 2.00 bits per heavy atom. The molecule has 0 saturated carbocycles. The molecular weight excluding hydrogens is 131 g/mol. The van der Waals surface area contributed by atoms with E-state index in [2.05, 4.69) is 0 Å². The van der Waals surface area contributed by atoms with E-state index in [4.69, 9.17) is 4.74 Å². The average molecular weight is 146 g/mol. The molecule has 0 bridgehead atoms. The summed E-state index contributed by atoms with van der Waals surface area (Å²) < 4.78 is 18.4. The first-order valence-corrected chi connectivity index (χ1v) is 3.96. The summed E-state index contributed by atoms with van der Waals surface area (Å²) in [6.07, 6.45) is 0.112. The van der Waals surface area contributed by atoms with Crippen LogP contribution in [0.1, 0.15) is 27.2 Å². The number of ether oxygens (including phenoxy) is 1. The summed E-state index contributed by atoms with van der Waals surface area (Å²) in [5.74, 6) is 0.0833. The highest BCUT2D eigenvalue weighted by molar-refractivity contribution is 4.84. The lowest BCUT2D eigenvalue weighted by atomic mass is 9.99. The normalized spacial score (nSPS) is 48.0. The Morgan fingerprint density at radius 3 is 2.20 bits per heavy atom. The third kappa shape index (κ3) is 1.17. The van der Waals surface area contributed by atoms with Crippen molar-refractivity contribution in [3.05, 3.63) is 0 Å². The van der Waals surface area contributed by atoms with Gasteiger partial charge in [0.25, 0.3) is 0 Å². The first-order chi connectivity index (χ1) is 4.66. The van der Waals surface area contributed by atoms with Crippen LogP contribution >= 0.6 is 0 Å². The molecule has 1 unspecified atom stereocenters. The molecule has 0 spiro atoms. The smallest absolute Gasteiger partial charge is 0.131 e. The van der Waals surface area contributed by atoms with Crippen molar-refractivity contribution in [1.29, 1.82) is 0 Å². The summed E-state index contributed by atoms with van der Waals surface area (Å²) >= 11 is 0. The molecule has 1 heterocycles. The molecule has 0 radical (unpaired) electrons. The molecule has 1 nitrogen and oxygen atoms in total. The highest BCUT2D eigenvalue weighted by Gasteiger charge is 2.38. The first kappa shape index (κ1) is 7.99. The van der Waals surface area contributed by atoms with Crippen LogP contribution < -0.4 is 0 Å². The van der Waals surface area contributed by atoms with Gasteiger partial charge in [0, 0.05) is 5.92 Å². The van der Waals surface area contributed by atoms with Gasteiger partial charge in [-0.1, -0.05) is 13.8 Å². The van der Waals surface area contributed by atoms with Crippen molar-refractivity contribution in [2.45, 2.75) is 45.6 Å². The van der Waals surface area contributed by atoms with E-state index in [0.717, 1.165) is 6.42 Å². The molecule has 0 aromatic heterocycles. The van der Waals surface area contributed by atoms with Crippen LogP contribution in [-0.4, -0.2) is 18.4 Å². The van der Waals surface area contributed by atoms with Gasteiger partial charge in [0.05, 0.1) is 12.2 Å². The minimum Gasteiger partial charge on any atom is -0.372 e. The molecule has 1 rings (SSSR count). The molecule has 1 fully saturated rings. The van der Waals surface area contributed by atoms with Crippen molar-refractivity contribution < 1.29 is 9.13 Å². The molecule has 1 aliphatic heterocycles. The second-order valence-electron chi connectivity index (χ2n) is 3.09. The van der Waals surface area contributed by atoms with Gasteiger partial charge in [0.15, 0.2) is 0 Å². The molecule has 2 heteroatoms. The minimum atomic E-state index is -0.759. The predicted molar refractivity (Wildman–Crippen MR) is 38.7 cm³/mol. The maximum atomic E-state index is 13.0. The van der Waals surface area contributed by atoms with Crippen LogP contribution in [0.15, 0.2) is 0 Å². The Bertz CT molecular complexity index is 116. The summed E-state index contributed by atoms with van der Waals surface area (Å²) in [7, 11) is 0. The van der Waals surface area contributed by atoms with Crippen molar-refractivity contribution in [2.24, 2.45) is 5.92 Å². The van der Waals surface area contributed by atoms with Crippen molar-refractivity contribution in [1.82, 2.24) is 0 Å². The quantitative estimate of drug-likeness (QED) is 0.550. The molecule has 0 amide bonds. The molecule has 1 aliphatic rings. The summed E-state index contributed by atoms with van der Waals surface area (Å²) in [4.78, 5) is 0. The average Bonchev–Trinajstić information content (AvgIpc) is 2.17. The van der Waals surface area contributed by atoms with Crippen LogP contribution in [0.5, 0.6) is 0 Å². The van der Waals surface area contributed by atoms with Gasteiger partial charge in [-0.25, -0.2) is 4.39 Å². The van der Waals surface area contributed by atoms with Crippen molar-refractivity contribution >= 4 is 0 Å². The lowest BCUT2D eigenvalue weighted by molar-refractivity contribution is 0.0349. The molecule has 10 heavy (non-hydrogen) atoms. The van der Waals surface area contributed by atoms with E-state index in [-0.39, 0.29) is 18.1 Å². The number of alkyl halides is 1. The third-order valence-corrected chi connectivity index (χ3v) is 2.33. The van der Waals surface area contributed by atoms with E-state index in [0.29, 0.717) is 0 Å². The monoisotopic (exact) mass is 146 g/mol. The maximum Gasteiger partial charge on any atom is 0.131 e. The first-order valence-electron chi connectivity index (χ1n) is 3.96. The van der Waals surface area contributed by atoms with Crippen molar-refractivity contribution in [3.63, 3.8) is 0 Å². The maximum absolute atomic E-state index is 13.0. The zero-order valence-corrected chi connectivity index (χ0v) is 6.80. The fourth-order valence-corrected chi connectivity index (χ4v) is 1.58. The van der Waals surface area contributed by atoms with Crippen LogP contribution in [0.2, 0.25) is 0 Å². The van der Waals surface area contributed by atoms with Crippen LogP contribution in [-0.2, 0) is 4.74 Å². The minimum absolute atomic E-state index is 0.0833. The molecule has 0 aromatic rings. The van der Waals surface area contributed by atoms with E-state index in [9.17, 15) is 4.39 Å². The zero-order valence-electron chi connectivity index (χ0n) is 6.80. The fraction of sp³-hybridized carbons (Fsp3) is 1.00. The Morgan fingerprint density at radius 1 is 1.40 bits per heavy atom. The molecule has 0 N–H and O–H groups in total. The van der Waals surface area contributed by atoms with Gasteiger partial charge < -0.3 is 4.74 Å². The van der Waals surface area contributed by atoms with Gasteiger partial charge in [-0.3, -0.25) is 0 Å². The number of hydrogen-bond donors (Lipinski definition) is 0. The summed E-state index contributed by atoms with van der Waals surface area (Å²) in [5.41, 5.74) is 0. The van der Waals surface area contributed by atoms with Gasteiger partial charge in [-0.05, 0) is 13.3 Å². The van der Waals surface area contributed by atoms with Crippen LogP contribution in [0.25, 0.3) is 0 Å². The van der Waals surface area contributed by atoms with Crippen molar-refractivity contribution in [2.75, 3.05) is 0 Å². The number of rotatable bonds is 1. The van der Waals surface area contributed by atoms with Gasteiger partial charge in [-0.15, -0.1) is 0 Å². The van der Waals surface area contributed by atoms with Crippen LogP contribution in [0.4, 0.5) is 4.39 Å². The third-order valence-electron chi connectivity index (χ3n) is 2.33. The largest absolute Gasteiger partial charge is 0.372 e. The standard InChI is InChI=1S/C8H15FO/c1-4-7-5(2)8(9)6(3)10-7/h5-8H,4H2,1-3H3/t5?,6-,7+,8+/m0/s1. The SMILES string of the molecule is CC[C@H]1O[C@@H](C)[C@H](F)C1C. The molecule has 0 aromatic carbocycles. The number of halogens is 1. The summed E-state index contributed by atoms with van der Waals surface area (Å²) in [5, 5.41) is 0. The van der Waals surface area contributed by atoms with Crippen LogP contribution in [0.3, 0.4) is 0 Å². The second kappa shape index (κ2) is 2.87. The lowest BCUT2D eigenvalue weighted by Crippen LogP contribution is -2.18. The second-order valence-corrected chi connectivity index (χ2v) is 3.09. The van der Waals surface area contributed by atoms with Gasteiger partial charge in [-0.2, -0.15) is 0 Å². The van der Waals surface area contributed by atoms with E-state index in [1.54, 1.807) is 6.92 Å². The van der Waals surface area contributed by atoms with Gasteiger partial charge >= 0.3 is 0 Å². The number of hydrogen-bond acceptors (Lipinski definition) is 1. The topological polar surface area (TPSA) is 9.23 Å². The van der Waals surface area contributed by atoms with E-state index < -0.39 is 6.17 Å². The summed E-state index contributed by atoms with van der Waals surface area (Å²) in [6, 6.07) is 0. The Hall–Kier alpha value is -0.110. The lowest BCUT2D eigenvalue weighted by Gasteiger charge is -2.10. The van der Waals surface area contributed by atoms with E-state index >= 15 is 0 Å². The highest BCUT2D eigenvalue weighted by Crippen LogP contribution is 2.30. The van der Waals surface area contributed by atoms with Gasteiger partial charge in [0.1, 0.15) is 6.17 Å². The Labute approximate surface area is 61.6 Å².